The molecule has 0 radical (unpaired) electrons. The SMILES string of the molecule is CCOC1COC2(CCN(c3cccc(C)n3)CC2)C1.O=C(O)C(F)(F)F. The number of nitrogens with zero attached hydrogens (tertiary/aromatic N) is 2. The number of rotatable bonds is 3. The molecule has 152 valence electrons. The number of carboxylic acids is 1. The molecule has 1 unspecified atom stereocenters. The van der Waals surface area contributed by atoms with Crippen LogP contribution in [0.15, 0.2) is 18.2 Å². The highest BCUT2D eigenvalue weighted by atomic mass is 19.4. The first kappa shape index (κ1) is 21.4. The Balaban J connectivity index is 0.000000321. The molecule has 0 saturated carbocycles. The first-order valence-electron chi connectivity index (χ1n) is 8.89. The summed E-state index contributed by atoms with van der Waals surface area (Å²) in [5.41, 5.74) is 1.14. The number of ether oxygens (including phenoxy) is 2. The Bertz CT molecular complexity index is 631. The van der Waals surface area contributed by atoms with E-state index < -0.39 is 12.1 Å². The van der Waals surface area contributed by atoms with E-state index in [-0.39, 0.29) is 5.60 Å². The van der Waals surface area contributed by atoms with Crippen molar-refractivity contribution in [2.24, 2.45) is 0 Å². The summed E-state index contributed by atoms with van der Waals surface area (Å²) in [4.78, 5) is 15.9. The molecule has 0 bridgehead atoms. The molecule has 0 aromatic carbocycles. The van der Waals surface area contributed by atoms with E-state index in [1.54, 1.807) is 0 Å². The van der Waals surface area contributed by atoms with E-state index in [1.165, 1.54) is 0 Å². The van der Waals surface area contributed by atoms with Crippen molar-refractivity contribution in [2.45, 2.75) is 51.0 Å². The van der Waals surface area contributed by atoms with Gasteiger partial charge in [0.05, 0.1) is 18.3 Å². The topological polar surface area (TPSA) is 71.9 Å². The van der Waals surface area contributed by atoms with Gasteiger partial charge >= 0.3 is 12.1 Å². The van der Waals surface area contributed by atoms with Gasteiger partial charge in [0, 0.05) is 31.8 Å². The number of halogens is 3. The van der Waals surface area contributed by atoms with E-state index in [0.717, 1.165) is 57.1 Å². The number of alkyl halides is 3. The minimum Gasteiger partial charge on any atom is -0.475 e. The second-order valence-electron chi connectivity index (χ2n) is 6.70. The predicted molar refractivity (Wildman–Crippen MR) is 92.8 cm³/mol. The molecule has 0 amide bonds. The van der Waals surface area contributed by atoms with Gasteiger partial charge in [-0.2, -0.15) is 13.2 Å². The Morgan fingerprint density at radius 2 is 2.04 bits per heavy atom. The Morgan fingerprint density at radius 3 is 2.56 bits per heavy atom. The zero-order chi connectivity index (χ0) is 20.1. The summed E-state index contributed by atoms with van der Waals surface area (Å²) >= 11 is 0. The third-order valence-corrected chi connectivity index (χ3v) is 4.69. The van der Waals surface area contributed by atoms with Crippen LogP contribution in [0.2, 0.25) is 0 Å². The van der Waals surface area contributed by atoms with Gasteiger partial charge in [0.2, 0.25) is 0 Å². The summed E-state index contributed by atoms with van der Waals surface area (Å²) in [5, 5.41) is 7.12. The van der Waals surface area contributed by atoms with Crippen molar-refractivity contribution < 1.29 is 32.5 Å². The minimum atomic E-state index is -5.08. The number of carbonyl (C=O) groups is 1. The molecule has 1 aromatic rings. The number of pyridine rings is 1. The van der Waals surface area contributed by atoms with Crippen LogP contribution in [0.1, 0.15) is 31.9 Å². The lowest BCUT2D eigenvalue weighted by atomic mass is 9.88. The molecular formula is C18H25F3N2O4. The number of aryl methyl sites for hydroxylation is 1. The number of hydrogen-bond donors (Lipinski definition) is 1. The number of anilines is 1. The highest BCUT2D eigenvalue weighted by Gasteiger charge is 2.43. The van der Waals surface area contributed by atoms with Crippen molar-refractivity contribution >= 4 is 11.8 Å². The Labute approximate surface area is 156 Å². The molecule has 3 rings (SSSR count). The summed E-state index contributed by atoms with van der Waals surface area (Å²) in [7, 11) is 0. The maximum Gasteiger partial charge on any atom is 0.490 e. The monoisotopic (exact) mass is 390 g/mol. The van der Waals surface area contributed by atoms with Crippen LogP contribution in [0.25, 0.3) is 0 Å². The van der Waals surface area contributed by atoms with Crippen molar-refractivity contribution in [3.05, 3.63) is 23.9 Å². The second-order valence-corrected chi connectivity index (χ2v) is 6.70. The summed E-state index contributed by atoms with van der Waals surface area (Å²) < 4.78 is 43.5. The lowest BCUT2D eigenvalue weighted by molar-refractivity contribution is -0.192. The molecule has 27 heavy (non-hydrogen) atoms. The number of carboxylic acid groups (broad SMARTS) is 1. The first-order chi connectivity index (χ1) is 12.6. The molecule has 2 fully saturated rings. The fraction of sp³-hybridized carbons (Fsp3) is 0.667. The van der Waals surface area contributed by atoms with E-state index in [2.05, 4.69) is 28.9 Å². The van der Waals surface area contributed by atoms with E-state index >= 15 is 0 Å². The van der Waals surface area contributed by atoms with Crippen LogP contribution in [-0.2, 0) is 14.3 Å². The van der Waals surface area contributed by atoms with Crippen LogP contribution in [0.5, 0.6) is 0 Å². The van der Waals surface area contributed by atoms with Gasteiger partial charge < -0.3 is 19.5 Å². The number of aliphatic carboxylic acids is 1. The lowest BCUT2D eigenvalue weighted by Crippen LogP contribution is -2.44. The smallest absolute Gasteiger partial charge is 0.475 e. The van der Waals surface area contributed by atoms with Gasteiger partial charge in [0.25, 0.3) is 0 Å². The van der Waals surface area contributed by atoms with Gasteiger partial charge in [0.15, 0.2) is 0 Å². The average Bonchev–Trinajstić information content (AvgIpc) is 2.98. The van der Waals surface area contributed by atoms with Gasteiger partial charge in [-0.15, -0.1) is 0 Å². The summed E-state index contributed by atoms with van der Waals surface area (Å²) in [6.07, 6.45) is -1.59. The highest BCUT2D eigenvalue weighted by molar-refractivity contribution is 5.73. The molecule has 1 atom stereocenters. The molecule has 2 aliphatic rings. The van der Waals surface area contributed by atoms with Crippen molar-refractivity contribution in [1.82, 2.24) is 4.98 Å². The fourth-order valence-electron chi connectivity index (χ4n) is 3.34. The van der Waals surface area contributed by atoms with Gasteiger partial charge in [-0.25, -0.2) is 9.78 Å². The third-order valence-electron chi connectivity index (χ3n) is 4.69. The molecule has 9 heteroatoms. The van der Waals surface area contributed by atoms with Crippen LogP contribution < -0.4 is 4.90 Å². The second kappa shape index (κ2) is 8.88. The predicted octanol–water partition coefficient (Wildman–Crippen LogP) is 3.19. The number of hydrogen-bond acceptors (Lipinski definition) is 5. The van der Waals surface area contributed by atoms with Crippen LogP contribution in [-0.4, -0.2) is 60.2 Å². The summed E-state index contributed by atoms with van der Waals surface area (Å²) in [5.74, 6) is -1.66. The van der Waals surface area contributed by atoms with Gasteiger partial charge in [-0.3, -0.25) is 0 Å². The third kappa shape index (κ3) is 6.07. The molecule has 2 saturated heterocycles. The van der Waals surface area contributed by atoms with E-state index in [4.69, 9.17) is 19.4 Å². The molecular weight excluding hydrogens is 365 g/mol. The normalized spacial score (nSPS) is 21.7. The number of aromatic nitrogens is 1. The zero-order valence-corrected chi connectivity index (χ0v) is 15.5. The maximum absolute atomic E-state index is 10.6. The number of piperidine rings is 1. The highest BCUT2D eigenvalue weighted by Crippen LogP contribution is 2.37. The minimum absolute atomic E-state index is 0.0557. The molecule has 0 aliphatic carbocycles. The van der Waals surface area contributed by atoms with Crippen molar-refractivity contribution in [3.63, 3.8) is 0 Å². The van der Waals surface area contributed by atoms with E-state index in [0.29, 0.717) is 6.10 Å². The Kier molecular flexibility index (Phi) is 7.05. The van der Waals surface area contributed by atoms with Gasteiger partial charge in [-0.05, 0) is 38.8 Å². The standard InChI is InChI=1S/C16H24N2O2.C2HF3O2/c1-3-19-14-11-16(20-12-14)7-9-18(10-8-16)15-6-4-5-13(2)17-15;3-2(4,5)1(6)7/h4-6,14H,3,7-12H2,1-2H3;(H,6,7). The Morgan fingerprint density at radius 1 is 1.41 bits per heavy atom. The molecule has 6 nitrogen and oxygen atoms in total. The van der Waals surface area contributed by atoms with Crippen LogP contribution in [0.4, 0.5) is 19.0 Å². The van der Waals surface area contributed by atoms with Crippen molar-refractivity contribution in [1.29, 1.82) is 0 Å². The van der Waals surface area contributed by atoms with Crippen LogP contribution >= 0.6 is 0 Å². The zero-order valence-electron chi connectivity index (χ0n) is 15.5. The summed E-state index contributed by atoms with van der Waals surface area (Å²) in [6.45, 7) is 7.68. The van der Waals surface area contributed by atoms with Crippen molar-refractivity contribution in [2.75, 3.05) is 31.2 Å². The van der Waals surface area contributed by atoms with Crippen LogP contribution in [0, 0.1) is 6.92 Å². The van der Waals surface area contributed by atoms with E-state index in [1.807, 2.05) is 13.0 Å². The summed E-state index contributed by atoms with van der Waals surface area (Å²) in [6, 6.07) is 6.23. The molecule has 1 spiro atoms. The van der Waals surface area contributed by atoms with Crippen molar-refractivity contribution in [3.8, 4) is 0 Å². The fourth-order valence-corrected chi connectivity index (χ4v) is 3.34. The van der Waals surface area contributed by atoms with Crippen LogP contribution in [0.3, 0.4) is 0 Å². The Hall–Kier alpha value is -1.87. The lowest BCUT2D eigenvalue weighted by Gasteiger charge is -2.39. The first-order valence-corrected chi connectivity index (χ1v) is 8.89. The van der Waals surface area contributed by atoms with Gasteiger partial charge in [0.1, 0.15) is 5.82 Å². The quantitative estimate of drug-likeness (QED) is 0.855. The average molecular weight is 390 g/mol. The molecule has 1 aromatic heterocycles. The van der Waals surface area contributed by atoms with Gasteiger partial charge in [-0.1, -0.05) is 6.07 Å². The molecule has 3 heterocycles. The molecule has 1 N–H and O–H groups in total. The molecule has 2 aliphatic heterocycles. The largest absolute Gasteiger partial charge is 0.490 e. The maximum atomic E-state index is 10.6. The van der Waals surface area contributed by atoms with E-state index in [9.17, 15) is 13.2 Å².